The topological polar surface area (TPSA) is 109 Å². The van der Waals surface area contributed by atoms with Crippen molar-refractivity contribution in [3.63, 3.8) is 0 Å². The fraction of sp³-hybridized carbons (Fsp3) is 0.667. The first-order valence-electron chi connectivity index (χ1n) is 20.0. The third kappa shape index (κ3) is 18.8. The molecule has 0 fully saturated rings. The van der Waals surface area contributed by atoms with Crippen LogP contribution in [0.15, 0.2) is 58.3 Å². The van der Waals surface area contributed by atoms with E-state index < -0.39 is 29.0 Å². The summed E-state index contributed by atoms with van der Waals surface area (Å²) in [6.07, 6.45) is 36.2. The summed E-state index contributed by atoms with van der Waals surface area (Å²) < 4.78 is 24.6. The molecule has 0 spiro atoms. The van der Waals surface area contributed by atoms with E-state index in [0.717, 1.165) is 0 Å². The zero-order valence-corrected chi connectivity index (χ0v) is 33.8. The van der Waals surface area contributed by atoms with E-state index in [4.69, 9.17) is 10.2 Å². The van der Waals surface area contributed by atoms with Crippen LogP contribution >= 0.6 is 7.26 Å². The Kier molecular flexibility index (Phi) is 25.1. The first kappa shape index (κ1) is 45.8. The summed E-state index contributed by atoms with van der Waals surface area (Å²) in [5.74, 6) is -2.30. The average molecular weight is 735 g/mol. The molecule has 0 bridgehead atoms. The van der Waals surface area contributed by atoms with Gasteiger partial charge in [-0.05, 0) is 48.5 Å². The van der Waals surface area contributed by atoms with Crippen molar-refractivity contribution in [1.82, 2.24) is 0 Å². The summed E-state index contributed by atoms with van der Waals surface area (Å²) in [5, 5.41) is 17.5. The van der Waals surface area contributed by atoms with Gasteiger partial charge in [0, 0.05) is 0 Å². The molecule has 2 N–H and O–H groups in total. The molecule has 0 aliphatic rings. The maximum atomic E-state index is 12.3. The molecule has 0 amide bonds. The monoisotopic (exact) mass is 734 g/mol. The number of hydrogen-bond donors (Lipinski definition) is 2. The second-order valence-electron chi connectivity index (χ2n) is 14.3. The molecule has 0 radical (unpaired) electrons. The van der Waals surface area contributed by atoms with Crippen LogP contribution in [0.5, 0.6) is 0 Å². The maximum Gasteiger partial charge on any atom is 0.335 e. The minimum absolute atomic E-state index is 0.0184. The van der Waals surface area contributed by atoms with Crippen LogP contribution in [-0.4, -0.2) is 55.2 Å². The van der Waals surface area contributed by atoms with Crippen molar-refractivity contribution in [2.24, 2.45) is 0 Å². The third-order valence-corrected chi connectivity index (χ3v) is 17.5. The molecule has 0 heterocycles. The van der Waals surface area contributed by atoms with Crippen molar-refractivity contribution >= 4 is 29.0 Å². The number of aromatic carboxylic acids is 2. The van der Waals surface area contributed by atoms with E-state index in [9.17, 15) is 18.0 Å². The fourth-order valence-corrected chi connectivity index (χ4v) is 13.9. The molecule has 2 aromatic carbocycles. The molecular weight excluding hydrogens is 663 g/mol. The molecule has 2 rings (SSSR count). The van der Waals surface area contributed by atoms with Gasteiger partial charge in [0.1, 0.15) is 0 Å². The first-order chi connectivity index (χ1) is 24.1. The van der Waals surface area contributed by atoms with Crippen LogP contribution in [0.1, 0.15) is 177 Å². The number of benzene rings is 2. The summed E-state index contributed by atoms with van der Waals surface area (Å²) in [6, 6.07) is 9.57. The van der Waals surface area contributed by atoms with Crippen molar-refractivity contribution < 1.29 is 28.2 Å². The molecule has 50 heavy (non-hydrogen) atoms. The van der Waals surface area contributed by atoms with Crippen LogP contribution in [0.3, 0.4) is 0 Å². The summed E-state index contributed by atoms with van der Waals surface area (Å²) in [4.78, 5) is 21.3. The normalized spacial score (nSPS) is 11.9. The van der Waals surface area contributed by atoms with Crippen molar-refractivity contribution in [3.05, 3.63) is 59.7 Å². The van der Waals surface area contributed by atoms with Gasteiger partial charge in [0.2, 0.25) is 9.84 Å². The molecular formula is C42H71O6PS. The van der Waals surface area contributed by atoms with Gasteiger partial charge in [-0.1, -0.05) is 26.2 Å². The summed E-state index contributed by atoms with van der Waals surface area (Å²) in [7, 11) is -4.77. The Morgan fingerprint density at radius 2 is 0.700 bits per heavy atom. The van der Waals surface area contributed by atoms with E-state index in [1.807, 2.05) is 0 Å². The molecule has 2 aromatic rings. The quantitative estimate of drug-likeness (QED) is 0.0665. The Morgan fingerprint density at radius 1 is 0.440 bits per heavy atom. The van der Waals surface area contributed by atoms with Gasteiger partial charge in [0.05, 0.1) is 20.9 Å². The zero-order valence-electron chi connectivity index (χ0n) is 32.0. The van der Waals surface area contributed by atoms with Gasteiger partial charge in [0.25, 0.3) is 0 Å². The van der Waals surface area contributed by atoms with Crippen LogP contribution in [0.25, 0.3) is 0 Å². The fourth-order valence-electron chi connectivity index (χ4n) is 6.79. The van der Waals surface area contributed by atoms with E-state index in [0.29, 0.717) is 0 Å². The molecule has 0 saturated heterocycles. The standard InChI is InChI=1S/C28H61P.C14H10O6S/c1-5-9-13-14-15-16-17-18-19-20-21-22-23-24-28-29(25-10-6-2,26-11-7-3)27-12-8-4;15-13(16)9-1-5-11(6-2-9)21(19,20)12-7-3-10(4-8-12)14(17)18/h29H,5-28H2,1-4H3;1-8H,(H,15,16)(H,17,18). The van der Waals surface area contributed by atoms with Gasteiger partial charge in [-0.25, -0.2) is 18.0 Å². The number of unbranched alkanes of at least 4 members (excludes halogenated alkanes) is 16. The van der Waals surface area contributed by atoms with Crippen LogP contribution in [0.4, 0.5) is 0 Å². The second kappa shape index (κ2) is 27.4. The van der Waals surface area contributed by atoms with Crippen molar-refractivity contribution in [1.29, 1.82) is 0 Å². The predicted octanol–water partition coefficient (Wildman–Crippen LogP) is 12.5. The molecule has 6 nitrogen and oxygen atoms in total. The Balaban J connectivity index is 0.000000523. The van der Waals surface area contributed by atoms with Crippen molar-refractivity contribution in [3.8, 4) is 0 Å². The van der Waals surface area contributed by atoms with Gasteiger partial charge < -0.3 is 10.2 Å². The molecule has 8 heteroatoms. The molecule has 0 aromatic heterocycles. The minimum Gasteiger partial charge on any atom is -0.478 e. The van der Waals surface area contributed by atoms with Gasteiger partial charge >= 0.3 is 174 Å². The third-order valence-electron chi connectivity index (χ3n) is 10.1. The molecule has 0 aliphatic carbocycles. The molecule has 286 valence electrons. The number of hydrogen-bond acceptors (Lipinski definition) is 4. The van der Waals surface area contributed by atoms with E-state index in [1.165, 1.54) is 171 Å². The number of sulfone groups is 1. The molecule has 0 unspecified atom stereocenters. The number of rotatable bonds is 28. The zero-order chi connectivity index (χ0) is 37.1. The van der Waals surface area contributed by atoms with Crippen LogP contribution in [0.2, 0.25) is 0 Å². The Labute approximate surface area is 306 Å². The Bertz CT molecular complexity index is 1190. The van der Waals surface area contributed by atoms with Crippen LogP contribution < -0.4 is 0 Å². The predicted molar refractivity (Wildman–Crippen MR) is 215 cm³/mol. The smallest absolute Gasteiger partial charge is 0.335 e. The van der Waals surface area contributed by atoms with Gasteiger partial charge in [-0.2, -0.15) is 0 Å². The molecule has 0 aliphatic heterocycles. The summed E-state index contributed by atoms with van der Waals surface area (Å²) in [5.41, 5.74) is -0.0367. The number of carbonyl (C=O) groups is 2. The Hall–Kier alpha value is -2.24. The first-order valence-corrected chi connectivity index (χ1v) is 24.3. The van der Waals surface area contributed by atoms with E-state index in [-0.39, 0.29) is 20.9 Å². The Morgan fingerprint density at radius 3 is 0.980 bits per heavy atom. The second-order valence-corrected chi connectivity index (χ2v) is 21.3. The number of carboxylic acid groups (broad SMARTS) is 2. The van der Waals surface area contributed by atoms with Gasteiger partial charge in [-0.15, -0.1) is 0 Å². The van der Waals surface area contributed by atoms with E-state index in [2.05, 4.69) is 27.7 Å². The average Bonchev–Trinajstić information content (AvgIpc) is 3.12. The SMILES string of the molecule is CCCCCCCCCCCCCCCC[PH](CCCC)(CCCC)CCCC.O=C(O)c1ccc(S(=O)(=O)c2ccc(C(=O)O)cc2)cc1. The van der Waals surface area contributed by atoms with Gasteiger partial charge in [-0.3, -0.25) is 0 Å². The molecule has 0 atom stereocenters. The largest absolute Gasteiger partial charge is 0.478 e. The van der Waals surface area contributed by atoms with Crippen LogP contribution in [0, 0.1) is 0 Å². The maximum absolute atomic E-state index is 12.3. The number of carboxylic acids is 2. The summed E-state index contributed by atoms with van der Waals surface area (Å²) in [6.45, 7) is 9.49. The summed E-state index contributed by atoms with van der Waals surface area (Å²) >= 11 is 0. The van der Waals surface area contributed by atoms with Crippen LogP contribution in [-0.2, 0) is 9.84 Å². The van der Waals surface area contributed by atoms with E-state index >= 15 is 0 Å². The van der Waals surface area contributed by atoms with Gasteiger partial charge in [0.15, 0.2) is 0 Å². The van der Waals surface area contributed by atoms with Crippen molar-refractivity contribution in [2.75, 3.05) is 24.6 Å². The minimum atomic E-state index is -3.81. The molecule has 0 saturated carbocycles. The van der Waals surface area contributed by atoms with E-state index in [1.54, 1.807) is 31.1 Å². The van der Waals surface area contributed by atoms with Crippen molar-refractivity contribution in [2.45, 2.75) is 166 Å².